The van der Waals surface area contributed by atoms with Crippen molar-refractivity contribution in [2.24, 2.45) is 0 Å². The summed E-state index contributed by atoms with van der Waals surface area (Å²) in [6.45, 7) is 0. The second kappa shape index (κ2) is 8.34. The molecule has 0 aliphatic heterocycles. The summed E-state index contributed by atoms with van der Waals surface area (Å²) in [6, 6.07) is 21.8. The molecule has 0 fully saturated rings. The first kappa shape index (κ1) is 20.2. The van der Waals surface area contributed by atoms with Crippen LogP contribution in [0.2, 0.25) is 5.02 Å². The second-order valence-electron chi connectivity index (χ2n) is 6.94. The van der Waals surface area contributed by atoms with E-state index in [1.165, 1.54) is 0 Å². The minimum Gasteiger partial charge on any atom is -0.447 e. The Morgan fingerprint density at radius 1 is 0.800 bits per heavy atom. The molecule has 0 spiro atoms. The van der Waals surface area contributed by atoms with E-state index < -0.39 is 11.2 Å². The third kappa shape index (κ3) is 4.40. The first-order chi connectivity index (χ1) is 14.4. The Bertz CT molecular complexity index is 1080. The molecule has 1 atom stereocenters. The van der Waals surface area contributed by atoms with Crippen molar-refractivity contribution < 1.29 is 9.47 Å². The van der Waals surface area contributed by atoms with Crippen LogP contribution in [0.1, 0.15) is 5.56 Å². The first-order valence-electron chi connectivity index (χ1n) is 9.34. The Balaban J connectivity index is 1.71. The molecule has 30 heavy (non-hydrogen) atoms. The highest BCUT2D eigenvalue weighted by atomic mass is 35.5. The fraction of sp³-hybridized carbons (Fsp3) is 0.0833. The number of alkyl halides is 1. The highest BCUT2D eigenvalue weighted by molar-refractivity contribution is 6.30. The lowest BCUT2D eigenvalue weighted by molar-refractivity contribution is -0.0654. The summed E-state index contributed by atoms with van der Waals surface area (Å²) in [7, 11) is 0. The van der Waals surface area contributed by atoms with Crippen molar-refractivity contribution >= 4 is 40.1 Å². The van der Waals surface area contributed by atoms with Crippen LogP contribution in [0.5, 0.6) is 11.5 Å². The van der Waals surface area contributed by atoms with Crippen molar-refractivity contribution in [3.05, 3.63) is 102 Å². The minimum atomic E-state index is -1.30. The average Bonchev–Trinajstić information content (AvgIpc) is 2.70. The third-order valence-corrected chi connectivity index (χ3v) is 5.30. The molecule has 0 bridgehead atoms. The van der Waals surface area contributed by atoms with Gasteiger partial charge in [0.25, 0.3) is 5.79 Å². The molecule has 1 aliphatic rings. The molecule has 1 unspecified atom stereocenters. The van der Waals surface area contributed by atoms with Crippen LogP contribution in [0.4, 0.5) is 11.4 Å². The molecular weight excluding hydrogens is 419 g/mol. The lowest BCUT2D eigenvalue weighted by atomic mass is 9.95. The molecule has 3 aromatic rings. The summed E-state index contributed by atoms with van der Waals surface area (Å²) in [5.74, 6) is -0.229. The molecular formula is C24H20Cl2N2O2. The van der Waals surface area contributed by atoms with Crippen molar-refractivity contribution in [1.82, 2.24) is 0 Å². The Morgan fingerprint density at radius 3 is 1.93 bits per heavy atom. The molecule has 4 N–H and O–H groups in total. The van der Waals surface area contributed by atoms with Gasteiger partial charge in [-0.15, -0.1) is 11.6 Å². The van der Waals surface area contributed by atoms with Crippen LogP contribution in [0.25, 0.3) is 5.57 Å². The van der Waals surface area contributed by atoms with E-state index in [4.69, 9.17) is 44.1 Å². The molecule has 0 aromatic heterocycles. The van der Waals surface area contributed by atoms with Gasteiger partial charge in [0.15, 0.2) is 0 Å². The van der Waals surface area contributed by atoms with Crippen molar-refractivity contribution in [2.45, 2.75) is 11.2 Å². The van der Waals surface area contributed by atoms with Crippen molar-refractivity contribution in [1.29, 1.82) is 0 Å². The number of benzene rings is 3. The summed E-state index contributed by atoms with van der Waals surface area (Å²) in [4.78, 5) is 0. The summed E-state index contributed by atoms with van der Waals surface area (Å²) < 4.78 is 12.5. The highest BCUT2D eigenvalue weighted by Gasteiger charge is 2.42. The first-order valence-corrected chi connectivity index (χ1v) is 10.2. The standard InChI is InChI=1S/C24H20Cl2N2O2/c25-18-5-1-4-16(12-18)17-10-11-24(23(26)13-17,29-21-8-2-6-19(27)14-21)30-22-9-3-7-20(28)15-22/h1-15,23H,27-28H2. The van der Waals surface area contributed by atoms with Crippen LogP contribution in [-0.2, 0) is 0 Å². The number of hydrogen-bond acceptors (Lipinski definition) is 4. The van der Waals surface area contributed by atoms with Crippen LogP contribution in [0.3, 0.4) is 0 Å². The fourth-order valence-electron chi connectivity index (χ4n) is 3.21. The maximum atomic E-state index is 6.83. The Morgan fingerprint density at radius 2 is 1.40 bits per heavy atom. The zero-order valence-corrected chi connectivity index (χ0v) is 17.5. The number of allylic oxidation sites excluding steroid dienone is 2. The molecule has 6 heteroatoms. The normalized spacial score (nSPS) is 17.3. The van der Waals surface area contributed by atoms with E-state index in [0.717, 1.165) is 11.1 Å². The van der Waals surface area contributed by atoms with Gasteiger partial charge in [-0.05, 0) is 47.5 Å². The number of ether oxygens (including phenoxy) is 2. The van der Waals surface area contributed by atoms with Crippen molar-refractivity contribution in [3.8, 4) is 11.5 Å². The number of rotatable bonds is 5. The van der Waals surface area contributed by atoms with Gasteiger partial charge in [-0.3, -0.25) is 0 Å². The topological polar surface area (TPSA) is 70.5 Å². The molecule has 3 aromatic carbocycles. The monoisotopic (exact) mass is 438 g/mol. The maximum absolute atomic E-state index is 6.83. The number of nitrogen functional groups attached to an aromatic ring is 2. The predicted molar refractivity (Wildman–Crippen MR) is 124 cm³/mol. The Labute approximate surface area is 185 Å². The van der Waals surface area contributed by atoms with Gasteiger partial charge in [-0.25, -0.2) is 0 Å². The quantitative estimate of drug-likeness (QED) is 0.294. The summed E-state index contributed by atoms with van der Waals surface area (Å²) in [5, 5.41) is -0.00359. The number of nitrogens with two attached hydrogens (primary N) is 2. The fourth-order valence-corrected chi connectivity index (χ4v) is 3.70. The van der Waals surface area contributed by atoms with Gasteiger partial charge in [-0.1, -0.05) is 48.0 Å². The van der Waals surface area contributed by atoms with E-state index in [-0.39, 0.29) is 0 Å². The molecule has 4 nitrogen and oxygen atoms in total. The van der Waals surface area contributed by atoms with Crippen LogP contribution < -0.4 is 20.9 Å². The zero-order chi connectivity index (χ0) is 21.1. The maximum Gasteiger partial charge on any atom is 0.291 e. The van der Waals surface area contributed by atoms with Gasteiger partial charge in [-0.2, -0.15) is 0 Å². The van der Waals surface area contributed by atoms with Gasteiger partial charge in [0.2, 0.25) is 0 Å². The summed E-state index contributed by atoms with van der Waals surface area (Å²) in [5.41, 5.74) is 14.8. The molecule has 4 rings (SSSR count). The third-order valence-electron chi connectivity index (χ3n) is 4.63. The van der Waals surface area contributed by atoms with Gasteiger partial charge < -0.3 is 20.9 Å². The lowest BCUT2D eigenvalue weighted by Gasteiger charge is -2.36. The summed E-state index contributed by atoms with van der Waals surface area (Å²) >= 11 is 13.0. The number of halogens is 2. The molecule has 0 saturated carbocycles. The van der Waals surface area contributed by atoms with Crippen molar-refractivity contribution in [3.63, 3.8) is 0 Å². The minimum absolute atomic E-state index is 0.536. The molecule has 0 radical (unpaired) electrons. The van der Waals surface area contributed by atoms with Crippen molar-refractivity contribution in [2.75, 3.05) is 11.5 Å². The molecule has 0 saturated heterocycles. The largest absolute Gasteiger partial charge is 0.447 e. The van der Waals surface area contributed by atoms with E-state index in [0.29, 0.717) is 27.9 Å². The van der Waals surface area contributed by atoms with E-state index in [1.807, 2.05) is 48.6 Å². The van der Waals surface area contributed by atoms with Crippen LogP contribution in [-0.4, -0.2) is 11.2 Å². The Kier molecular flexibility index (Phi) is 5.62. The van der Waals surface area contributed by atoms with Gasteiger partial charge in [0.05, 0.1) is 0 Å². The van der Waals surface area contributed by atoms with E-state index in [1.54, 1.807) is 42.5 Å². The van der Waals surface area contributed by atoms with Gasteiger partial charge >= 0.3 is 0 Å². The van der Waals surface area contributed by atoms with Crippen LogP contribution in [0.15, 0.2) is 91.0 Å². The van der Waals surface area contributed by atoms with E-state index in [2.05, 4.69) is 0 Å². The molecule has 0 amide bonds. The smallest absolute Gasteiger partial charge is 0.291 e. The highest BCUT2D eigenvalue weighted by Crippen LogP contribution is 2.37. The van der Waals surface area contributed by atoms with E-state index in [9.17, 15) is 0 Å². The summed E-state index contributed by atoms with van der Waals surface area (Å²) in [6.07, 6.45) is 5.59. The lowest BCUT2D eigenvalue weighted by Crippen LogP contribution is -2.49. The average molecular weight is 439 g/mol. The number of hydrogen-bond donors (Lipinski definition) is 2. The van der Waals surface area contributed by atoms with Gasteiger partial charge in [0, 0.05) is 34.6 Å². The molecule has 152 valence electrons. The van der Waals surface area contributed by atoms with E-state index >= 15 is 0 Å². The molecule has 0 heterocycles. The SMILES string of the molecule is Nc1cccc(OC2(Oc3cccc(N)c3)C=CC(c3cccc(Cl)c3)=CC2Cl)c1. The Hall–Kier alpha value is -3.08. The van der Waals surface area contributed by atoms with Crippen LogP contribution >= 0.6 is 23.2 Å². The second-order valence-corrected chi connectivity index (χ2v) is 7.84. The van der Waals surface area contributed by atoms with Crippen LogP contribution in [0, 0.1) is 0 Å². The van der Waals surface area contributed by atoms with Gasteiger partial charge in [0.1, 0.15) is 16.9 Å². The molecule has 1 aliphatic carbocycles. The number of anilines is 2. The predicted octanol–water partition coefficient (Wildman–Crippen LogP) is 5.92. The zero-order valence-electron chi connectivity index (χ0n) is 16.0.